The van der Waals surface area contributed by atoms with Crippen LogP contribution in [-0.4, -0.2) is 59.5 Å². The molecule has 114 valence electrons. The average Bonchev–Trinajstić information content (AvgIpc) is 2.80. The highest BCUT2D eigenvalue weighted by Crippen LogP contribution is 2.22. The van der Waals surface area contributed by atoms with Gasteiger partial charge in [0.05, 0.1) is 6.42 Å². The summed E-state index contributed by atoms with van der Waals surface area (Å²) in [6.07, 6.45) is 2.88. The van der Waals surface area contributed by atoms with Crippen LogP contribution in [0.15, 0.2) is 0 Å². The number of ether oxygens (including phenoxy) is 1. The minimum absolute atomic E-state index is 0.0856. The Bertz CT molecular complexity index is 376. The normalized spacial score (nSPS) is 23.6. The number of hydrogen-bond donors (Lipinski definition) is 0. The highest BCUT2D eigenvalue weighted by molar-refractivity contribution is 5.81. The van der Waals surface area contributed by atoms with Crippen molar-refractivity contribution in [2.45, 2.75) is 58.1 Å². The second-order valence-corrected chi connectivity index (χ2v) is 6.76. The maximum absolute atomic E-state index is 12.2. The number of carbonyl (C=O) groups is 2. The molecule has 1 atom stereocenters. The first kappa shape index (κ1) is 15.3. The first-order chi connectivity index (χ1) is 9.35. The van der Waals surface area contributed by atoms with Gasteiger partial charge in [-0.1, -0.05) is 0 Å². The smallest absolute Gasteiger partial charge is 0.306 e. The van der Waals surface area contributed by atoms with Crippen LogP contribution in [0, 0.1) is 0 Å². The van der Waals surface area contributed by atoms with Crippen LogP contribution in [-0.2, 0) is 14.3 Å². The molecule has 2 aliphatic rings. The zero-order valence-corrected chi connectivity index (χ0v) is 12.9. The fraction of sp³-hybridized carbons (Fsp3) is 0.867. The molecule has 0 aromatic rings. The molecule has 2 rings (SSSR count). The first-order valence-electron chi connectivity index (χ1n) is 7.59. The van der Waals surface area contributed by atoms with Crippen LogP contribution in [0.3, 0.4) is 0 Å². The number of fused-ring (bicyclic) bond motifs is 1. The molecule has 1 unspecified atom stereocenters. The molecular weight excluding hydrogens is 256 g/mol. The summed E-state index contributed by atoms with van der Waals surface area (Å²) in [5.74, 6) is -0.201. The van der Waals surface area contributed by atoms with Crippen LogP contribution in [0.25, 0.3) is 0 Å². The lowest BCUT2D eigenvalue weighted by Gasteiger charge is -2.37. The highest BCUT2D eigenvalue weighted by atomic mass is 16.6. The van der Waals surface area contributed by atoms with Crippen molar-refractivity contribution in [1.82, 2.24) is 9.80 Å². The Morgan fingerprint density at radius 1 is 1.15 bits per heavy atom. The van der Waals surface area contributed by atoms with Crippen LogP contribution in [0.4, 0.5) is 0 Å². The Morgan fingerprint density at radius 3 is 2.60 bits per heavy atom. The second kappa shape index (κ2) is 6.12. The lowest BCUT2D eigenvalue weighted by molar-refractivity contribution is -0.156. The van der Waals surface area contributed by atoms with E-state index in [0.717, 1.165) is 19.6 Å². The Kier molecular flexibility index (Phi) is 4.68. The molecule has 0 aliphatic carbocycles. The Hall–Kier alpha value is -1.10. The van der Waals surface area contributed by atoms with E-state index in [1.54, 1.807) is 0 Å². The largest absolute Gasteiger partial charge is 0.460 e. The molecule has 5 nitrogen and oxygen atoms in total. The fourth-order valence-electron chi connectivity index (χ4n) is 2.98. The van der Waals surface area contributed by atoms with Crippen LogP contribution in [0.5, 0.6) is 0 Å². The van der Waals surface area contributed by atoms with Gasteiger partial charge in [-0.25, -0.2) is 0 Å². The maximum atomic E-state index is 12.2. The lowest BCUT2D eigenvalue weighted by Crippen LogP contribution is -2.52. The quantitative estimate of drug-likeness (QED) is 0.735. The van der Waals surface area contributed by atoms with Crippen LogP contribution < -0.4 is 0 Å². The van der Waals surface area contributed by atoms with E-state index in [9.17, 15) is 9.59 Å². The van der Waals surface area contributed by atoms with Crippen molar-refractivity contribution in [3.05, 3.63) is 0 Å². The van der Waals surface area contributed by atoms with Gasteiger partial charge in [-0.3, -0.25) is 14.5 Å². The summed E-state index contributed by atoms with van der Waals surface area (Å²) in [7, 11) is 0. The molecule has 5 heteroatoms. The minimum atomic E-state index is -0.477. The molecule has 0 aromatic heterocycles. The maximum Gasteiger partial charge on any atom is 0.306 e. The summed E-state index contributed by atoms with van der Waals surface area (Å²) < 4.78 is 5.23. The number of amides is 1. The van der Waals surface area contributed by atoms with Crippen molar-refractivity contribution < 1.29 is 14.3 Å². The van der Waals surface area contributed by atoms with Gasteiger partial charge in [0.2, 0.25) is 5.91 Å². The Balaban J connectivity index is 1.73. The van der Waals surface area contributed by atoms with E-state index < -0.39 is 5.60 Å². The van der Waals surface area contributed by atoms with Gasteiger partial charge in [0.15, 0.2) is 0 Å². The van der Waals surface area contributed by atoms with E-state index >= 15 is 0 Å². The average molecular weight is 282 g/mol. The number of nitrogens with zero attached hydrogens (tertiary/aromatic N) is 2. The topological polar surface area (TPSA) is 49.9 Å². The molecule has 0 bridgehead atoms. The Morgan fingerprint density at radius 2 is 1.90 bits per heavy atom. The number of carbonyl (C=O) groups excluding carboxylic acids is 2. The zero-order chi connectivity index (χ0) is 14.8. The Labute approximate surface area is 121 Å². The van der Waals surface area contributed by atoms with Crippen LogP contribution in [0.2, 0.25) is 0 Å². The monoisotopic (exact) mass is 282 g/mol. The summed E-state index contributed by atoms with van der Waals surface area (Å²) in [5, 5.41) is 0. The molecule has 2 saturated heterocycles. The minimum Gasteiger partial charge on any atom is -0.460 e. The number of hydrogen-bond acceptors (Lipinski definition) is 4. The van der Waals surface area contributed by atoms with Gasteiger partial charge >= 0.3 is 5.97 Å². The third-order valence-electron chi connectivity index (χ3n) is 3.90. The molecule has 1 amide bonds. The summed E-state index contributed by atoms with van der Waals surface area (Å²) in [6.45, 7) is 9.29. The van der Waals surface area contributed by atoms with Crippen molar-refractivity contribution in [2.24, 2.45) is 0 Å². The molecular formula is C15H26N2O3. The number of rotatable bonds is 3. The van der Waals surface area contributed by atoms with E-state index in [2.05, 4.69) is 4.90 Å². The van der Waals surface area contributed by atoms with Gasteiger partial charge in [-0.2, -0.15) is 0 Å². The van der Waals surface area contributed by atoms with Crippen molar-refractivity contribution in [2.75, 3.05) is 26.2 Å². The third kappa shape index (κ3) is 4.20. The van der Waals surface area contributed by atoms with E-state index in [4.69, 9.17) is 4.74 Å². The van der Waals surface area contributed by atoms with Crippen molar-refractivity contribution >= 4 is 11.9 Å². The summed E-state index contributed by atoms with van der Waals surface area (Å²) in [6, 6.07) is 0.536. The predicted molar refractivity (Wildman–Crippen MR) is 76.3 cm³/mol. The van der Waals surface area contributed by atoms with Crippen LogP contribution >= 0.6 is 0 Å². The van der Waals surface area contributed by atoms with E-state index in [-0.39, 0.29) is 24.7 Å². The molecule has 0 radical (unpaired) electrons. The van der Waals surface area contributed by atoms with E-state index in [1.165, 1.54) is 19.4 Å². The standard InChI is InChI=1S/C15H26N2O3/c1-15(2,3)20-14(19)7-6-13(18)17-10-9-16-8-4-5-12(16)11-17/h12H,4-11H2,1-3H3. The molecule has 20 heavy (non-hydrogen) atoms. The summed E-state index contributed by atoms with van der Waals surface area (Å²) in [5.41, 5.74) is -0.477. The molecule has 0 spiro atoms. The fourth-order valence-corrected chi connectivity index (χ4v) is 2.98. The van der Waals surface area contributed by atoms with Gasteiger partial charge in [0, 0.05) is 32.1 Å². The van der Waals surface area contributed by atoms with Gasteiger partial charge in [0.1, 0.15) is 5.60 Å². The van der Waals surface area contributed by atoms with Gasteiger partial charge in [0.25, 0.3) is 0 Å². The molecule has 0 saturated carbocycles. The van der Waals surface area contributed by atoms with E-state index in [1.807, 2.05) is 25.7 Å². The van der Waals surface area contributed by atoms with Crippen molar-refractivity contribution in [3.8, 4) is 0 Å². The lowest BCUT2D eigenvalue weighted by atomic mass is 10.1. The number of esters is 1. The summed E-state index contributed by atoms with van der Waals surface area (Å²) >= 11 is 0. The number of piperazine rings is 1. The molecule has 0 aromatic carbocycles. The first-order valence-corrected chi connectivity index (χ1v) is 7.59. The highest BCUT2D eigenvalue weighted by Gasteiger charge is 2.32. The predicted octanol–water partition coefficient (Wildman–Crippen LogP) is 1.41. The second-order valence-electron chi connectivity index (χ2n) is 6.76. The van der Waals surface area contributed by atoms with Crippen molar-refractivity contribution in [1.29, 1.82) is 0 Å². The molecule has 2 fully saturated rings. The third-order valence-corrected chi connectivity index (χ3v) is 3.90. The van der Waals surface area contributed by atoms with Crippen molar-refractivity contribution in [3.63, 3.8) is 0 Å². The molecule has 2 aliphatic heterocycles. The van der Waals surface area contributed by atoms with Crippen LogP contribution in [0.1, 0.15) is 46.5 Å². The SMILES string of the molecule is CC(C)(C)OC(=O)CCC(=O)N1CCN2CCCC2C1. The van der Waals surface area contributed by atoms with E-state index in [0.29, 0.717) is 6.04 Å². The van der Waals surface area contributed by atoms with Gasteiger partial charge < -0.3 is 9.64 Å². The molecule has 0 N–H and O–H groups in total. The summed E-state index contributed by atoms with van der Waals surface area (Å²) in [4.78, 5) is 28.2. The van der Waals surface area contributed by atoms with Gasteiger partial charge in [-0.05, 0) is 40.2 Å². The van der Waals surface area contributed by atoms with Gasteiger partial charge in [-0.15, -0.1) is 0 Å². The molecule has 2 heterocycles. The zero-order valence-electron chi connectivity index (χ0n) is 12.9.